The van der Waals surface area contributed by atoms with Crippen molar-refractivity contribution in [2.45, 2.75) is 123 Å². The molecule has 2 N–H and O–H groups in total. The van der Waals surface area contributed by atoms with Crippen LogP contribution in [-0.4, -0.2) is 118 Å². The van der Waals surface area contributed by atoms with Gasteiger partial charge >= 0.3 is 12.1 Å². The molecule has 3 fully saturated rings. The molecule has 1 aromatic carbocycles. The molecular weight excluding hydrogens is 787 g/mol. The number of pyridine rings is 1. The molecule has 4 aliphatic rings. The van der Waals surface area contributed by atoms with Gasteiger partial charge in [-0.15, -0.1) is 0 Å². The molecule has 6 bridgehead atoms. The molecule has 62 heavy (non-hydrogen) atoms. The van der Waals surface area contributed by atoms with Gasteiger partial charge in [0.1, 0.15) is 17.7 Å². The lowest BCUT2D eigenvalue weighted by Gasteiger charge is -2.36. The summed E-state index contributed by atoms with van der Waals surface area (Å²) in [6.45, 7) is 18.9. The molecule has 15 heteroatoms. The Labute approximate surface area is 364 Å². The van der Waals surface area contributed by atoms with E-state index in [1.165, 1.54) is 17.9 Å². The van der Waals surface area contributed by atoms with Gasteiger partial charge in [0.05, 0.1) is 53.6 Å². The van der Waals surface area contributed by atoms with Gasteiger partial charge in [-0.1, -0.05) is 19.9 Å². The molecule has 0 spiro atoms. The number of hydrazine groups is 1. The van der Waals surface area contributed by atoms with Gasteiger partial charge < -0.3 is 29.0 Å². The number of nitrogens with zero attached hydrogens (tertiary/aromatic N) is 7. The molecule has 2 amide bonds. The van der Waals surface area contributed by atoms with Crippen molar-refractivity contribution in [1.29, 1.82) is 0 Å². The second-order valence-corrected chi connectivity index (χ2v) is 19.1. The number of anilines is 1. The molecule has 4 aromatic rings. The van der Waals surface area contributed by atoms with Crippen LogP contribution in [-0.2, 0) is 43.2 Å². The van der Waals surface area contributed by atoms with Crippen LogP contribution in [0.15, 0.2) is 42.9 Å². The Bertz CT molecular complexity index is 2310. The van der Waals surface area contributed by atoms with E-state index in [0.717, 1.165) is 76.9 Å². The van der Waals surface area contributed by atoms with Crippen LogP contribution in [0.1, 0.15) is 97.2 Å². The maximum absolute atomic E-state index is 14.2. The van der Waals surface area contributed by atoms with Crippen molar-refractivity contribution >= 4 is 34.6 Å². The second-order valence-electron chi connectivity index (χ2n) is 19.1. The number of methoxy groups -OCH3 is 1. The molecule has 15 nitrogen and oxygen atoms in total. The number of ether oxygens (including phenoxy) is 3. The van der Waals surface area contributed by atoms with Crippen molar-refractivity contribution in [1.82, 2.24) is 40.2 Å². The number of piperazine rings is 1. The fourth-order valence-electron chi connectivity index (χ4n) is 9.15. The fourth-order valence-corrected chi connectivity index (χ4v) is 9.15. The zero-order valence-electron chi connectivity index (χ0n) is 37.6. The summed E-state index contributed by atoms with van der Waals surface area (Å²) in [5.74, 6) is -0.844. The lowest BCUT2D eigenvalue weighted by atomic mass is 9.84. The third-order valence-corrected chi connectivity index (χ3v) is 12.5. The van der Waals surface area contributed by atoms with Crippen LogP contribution in [0.2, 0.25) is 0 Å². The molecule has 1 saturated carbocycles. The quantitative estimate of drug-likeness (QED) is 0.203. The molecule has 8 rings (SSSR count). The van der Waals surface area contributed by atoms with Crippen LogP contribution in [0.25, 0.3) is 33.4 Å². The van der Waals surface area contributed by atoms with Crippen LogP contribution in [0.5, 0.6) is 0 Å². The number of carbonyl (C=O) groups excluding carboxylic acids is 3. The number of aromatic nitrogens is 4. The summed E-state index contributed by atoms with van der Waals surface area (Å²) in [5, 5.41) is 5.25. The van der Waals surface area contributed by atoms with Gasteiger partial charge in [0.15, 0.2) is 0 Å². The molecule has 0 unspecified atom stereocenters. The third kappa shape index (κ3) is 9.44. The predicted octanol–water partition coefficient (Wildman–Crippen LogP) is 6.23. The smallest absolute Gasteiger partial charge is 0.408 e. The number of alkyl carbamates (subject to hydrolysis) is 1. The van der Waals surface area contributed by atoms with Gasteiger partial charge in [-0.2, -0.15) is 0 Å². The van der Waals surface area contributed by atoms with Crippen LogP contribution >= 0.6 is 0 Å². The molecule has 1 aliphatic carbocycles. The average Bonchev–Trinajstić information content (AvgIpc) is 4.07. The summed E-state index contributed by atoms with van der Waals surface area (Å²) in [4.78, 5) is 61.0. The number of esters is 1. The van der Waals surface area contributed by atoms with E-state index < -0.39 is 41.1 Å². The second kappa shape index (κ2) is 17.6. The van der Waals surface area contributed by atoms with Crippen LogP contribution in [0, 0.1) is 5.41 Å². The summed E-state index contributed by atoms with van der Waals surface area (Å²) in [5.41, 5.74) is 10.1. The first-order valence-corrected chi connectivity index (χ1v) is 22.3. The highest BCUT2D eigenvalue weighted by Crippen LogP contribution is 2.43. The SMILES string of the molecule is CCn1c(-c2cc(N3CCN(C4CC4)CC3)cnc2[C@H](C)OC)c2c3cc(ccc31)-c1cncc(n1)C[C@H](NC(=O)OC(C)(C)C)C(=O)N1CCC[C@H](N1)C(=O)OCC(C)(C)C2. The topological polar surface area (TPSA) is 156 Å². The summed E-state index contributed by atoms with van der Waals surface area (Å²) >= 11 is 0. The molecule has 2 saturated heterocycles. The van der Waals surface area contributed by atoms with Crippen molar-refractivity contribution < 1.29 is 28.6 Å². The fraction of sp³-hybridized carbons (Fsp3) is 0.574. The molecule has 3 atom stereocenters. The van der Waals surface area contributed by atoms with Crippen molar-refractivity contribution in [3.63, 3.8) is 0 Å². The van der Waals surface area contributed by atoms with Gasteiger partial charge in [-0.25, -0.2) is 15.2 Å². The van der Waals surface area contributed by atoms with E-state index in [1.54, 1.807) is 40.3 Å². The highest BCUT2D eigenvalue weighted by Gasteiger charge is 2.37. The molecule has 6 heterocycles. The number of cyclic esters (lactones) is 1. The summed E-state index contributed by atoms with van der Waals surface area (Å²) in [6.07, 6.45) is 8.66. The van der Waals surface area contributed by atoms with E-state index in [0.29, 0.717) is 43.7 Å². The van der Waals surface area contributed by atoms with Gasteiger partial charge in [0, 0.05) is 92.5 Å². The lowest BCUT2D eigenvalue weighted by Crippen LogP contribution is -2.60. The lowest BCUT2D eigenvalue weighted by molar-refractivity contribution is -0.155. The monoisotopic (exact) mass is 849 g/mol. The van der Waals surface area contributed by atoms with Crippen LogP contribution in [0.4, 0.5) is 10.5 Å². The third-order valence-electron chi connectivity index (χ3n) is 12.5. The highest BCUT2D eigenvalue weighted by atomic mass is 16.6. The Balaban J connectivity index is 1.26. The maximum atomic E-state index is 14.2. The normalized spacial score (nSPS) is 21.9. The number of carbonyl (C=O) groups is 3. The summed E-state index contributed by atoms with van der Waals surface area (Å²) < 4.78 is 20.1. The van der Waals surface area contributed by atoms with Gasteiger partial charge in [-0.3, -0.25) is 29.5 Å². The van der Waals surface area contributed by atoms with Crippen molar-refractivity contribution in [2.75, 3.05) is 51.3 Å². The predicted molar refractivity (Wildman–Crippen MR) is 237 cm³/mol. The Kier molecular flexibility index (Phi) is 12.3. The first-order valence-electron chi connectivity index (χ1n) is 22.3. The van der Waals surface area contributed by atoms with E-state index in [-0.39, 0.29) is 19.1 Å². The highest BCUT2D eigenvalue weighted by molar-refractivity contribution is 5.95. The molecule has 0 radical (unpaired) electrons. The van der Waals surface area contributed by atoms with E-state index in [2.05, 4.69) is 75.1 Å². The summed E-state index contributed by atoms with van der Waals surface area (Å²) in [6, 6.07) is 7.63. The summed E-state index contributed by atoms with van der Waals surface area (Å²) in [7, 11) is 1.72. The largest absolute Gasteiger partial charge is 0.464 e. The first-order chi connectivity index (χ1) is 29.6. The number of benzene rings is 1. The molecular formula is C47H63N9O6. The van der Waals surface area contributed by atoms with E-state index in [4.69, 9.17) is 24.2 Å². The molecule has 3 aromatic heterocycles. The standard InChI is InChI=1S/C47H63N9O6/c1-9-55-40-15-12-30-21-34(40)36(42(55)35-23-33(26-49-41(35)29(2)60-8)54-19-17-53(18-20-54)32-13-14-32)24-47(6,7)28-61-44(58)37-11-10-16-56(52-37)43(57)38(51-45(59)62-46(3,4)5)22-31-25-48-27-39(30)50-31/h12,15,21,23,25-27,29,32,37-38,52H,9-11,13-14,16-20,22,24,28H2,1-8H3,(H,51,59)/t29-,37-,38-/m0/s1. The van der Waals surface area contributed by atoms with Crippen molar-refractivity contribution in [3.05, 3.63) is 59.8 Å². The first kappa shape index (κ1) is 43.5. The number of hydrogen-bond donors (Lipinski definition) is 2. The number of fused-ring (bicyclic) bond motifs is 6. The number of rotatable bonds is 7. The number of aryl methyl sites for hydroxylation is 1. The van der Waals surface area contributed by atoms with Crippen molar-refractivity contribution in [3.8, 4) is 22.5 Å². The Hall–Kier alpha value is -5.12. The zero-order chi connectivity index (χ0) is 43.9. The Morgan fingerprint density at radius 2 is 1.82 bits per heavy atom. The molecule has 332 valence electrons. The minimum atomic E-state index is -1.06. The Morgan fingerprint density at radius 1 is 1.05 bits per heavy atom. The van der Waals surface area contributed by atoms with Gasteiger partial charge in [-0.05, 0) is 90.5 Å². The minimum Gasteiger partial charge on any atom is -0.464 e. The number of amides is 2. The number of hydrogen-bond acceptors (Lipinski definition) is 12. The van der Waals surface area contributed by atoms with Gasteiger partial charge in [0.25, 0.3) is 5.91 Å². The van der Waals surface area contributed by atoms with Gasteiger partial charge in [0.2, 0.25) is 0 Å². The van der Waals surface area contributed by atoms with E-state index in [1.807, 2.05) is 13.1 Å². The number of nitrogens with one attached hydrogen (secondary N) is 2. The van der Waals surface area contributed by atoms with Crippen LogP contribution in [0.3, 0.4) is 0 Å². The Morgan fingerprint density at radius 3 is 2.53 bits per heavy atom. The van der Waals surface area contributed by atoms with Crippen molar-refractivity contribution in [2.24, 2.45) is 5.41 Å². The minimum absolute atomic E-state index is 0.0453. The molecule has 3 aliphatic heterocycles. The zero-order valence-corrected chi connectivity index (χ0v) is 37.6. The van der Waals surface area contributed by atoms with Crippen LogP contribution < -0.4 is 15.6 Å². The van der Waals surface area contributed by atoms with E-state index in [9.17, 15) is 14.4 Å². The maximum Gasteiger partial charge on any atom is 0.408 e. The van der Waals surface area contributed by atoms with E-state index >= 15 is 0 Å². The average molecular weight is 850 g/mol.